The van der Waals surface area contributed by atoms with Crippen molar-refractivity contribution in [3.63, 3.8) is 0 Å². The highest BCUT2D eigenvalue weighted by atomic mass is 16.2. The van der Waals surface area contributed by atoms with Crippen LogP contribution in [0.2, 0.25) is 0 Å². The number of anilines is 1. The van der Waals surface area contributed by atoms with Crippen molar-refractivity contribution in [2.75, 3.05) is 11.9 Å². The summed E-state index contributed by atoms with van der Waals surface area (Å²) in [5.41, 5.74) is 0. The van der Waals surface area contributed by atoms with Gasteiger partial charge < -0.3 is 10.6 Å². The number of amides is 2. The molecule has 0 aliphatic heterocycles. The van der Waals surface area contributed by atoms with E-state index < -0.39 is 11.8 Å². The van der Waals surface area contributed by atoms with Crippen LogP contribution in [0, 0.1) is 11.3 Å². The third-order valence-electron chi connectivity index (χ3n) is 1.60. The Hall–Kier alpha value is -2.36. The summed E-state index contributed by atoms with van der Waals surface area (Å²) in [5, 5.41) is 16.5. The van der Waals surface area contributed by atoms with Crippen LogP contribution in [0.15, 0.2) is 12.3 Å². The first kappa shape index (κ1) is 10.7. The van der Waals surface area contributed by atoms with Gasteiger partial charge in [0.2, 0.25) is 0 Å². The summed E-state index contributed by atoms with van der Waals surface area (Å²) in [7, 11) is 1.63. The minimum atomic E-state index is -0.849. The van der Waals surface area contributed by atoms with Crippen LogP contribution >= 0.6 is 0 Å². The Labute approximate surface area is 85.7 Å². The van der Waals surface area contributed by atoms with Crippen LogP contribution < -0.4 is 10.6 Å². The van der Waals surface area contributed by atoms with E-state index in [-0.39, 0.29) is 6.54 Å². The number of aromatic nitrogens is 2. The maximum Gasteiger partial charge on any atom is 0.314 e. The summed E-state index contributed by atoms with van der Waals surface area (Å²) in [4.78, 5) is 22.2. The summed E-state index contributed by atoms with van der Waals surface area (Å²) in [6, 6.07) is 3.25. The molecule has 0 aliphatic carbocycles. The molecule has 0 aromatic carbocycles. The number of nitriles is 1. The number of carbonyl (C=O) groups excluding carboxylic acids is 2. The van der Waals surface area contributed by atoms with Gasteiger partial charge in [0, 0.05) is 13.1 Å². The predicted octanol–water partition coefficient (Wildman–Crippen LogP) is -1.00. The molecule has 7 heteroatoms. The molecule has 0 unspecified atom stereocenters. The van der Waals surface area contributed by atoms with Crippen molar-refractivity contribution in [2.24, 2.45) is 7.05 Å². The number of rotatable bonds is 2. The second kappa shape index (κ2) is 4.76. The molecule has 0 radical (unpaired) electrons. The number of hydrogen-bond donors (Lipinski definition) is 2. The number of nitrogens with zero attached hydrogens (tertiary/aromatic N) is 3. The quantitative estimate of drug-likeness (QED) is 0.479. The Bertz CT molecular complexity index is 417. The molecule has 15 heavy (non-hydrogen) atoms. The SMILES string of the molecule is Cn1nccc1NC(=O)C(=O)NCC#N. The van der Waals surface area contributed by atoms with Gasteiger partial charge in [0.1, 0.15) is 12.4 Å². The van der Waals surface area contributed by atoms with Crippen molar-refractivity contribution in [3.8, 4) is 6.07 Å². The Morgan fingerprint density at radius 3 is 2.87 bits per heavy atom. The zero-order chi connectivity index (χ0) is 11.3. The van der Waals surface area contributed by atoms with Crippen LogP contribution in [0.3, 0.4) is 0 Å². The molecule has 0 spiro atoms. The van der Waals surface area contributed by atoms with E-state index in [1.165, 1.54) is 10.9 Å². The molecule has 0 bridgehead atoms. The minimum absolute atomic E-state index is 0.197. The third-order valence-corrected chi connectivity index (χ3v) is 1.60. The lowest BCUT2D eigenvalue weighted by molar-refractivity contribution is -0.136. The first-order chi connectivity index (χ1) is 7.15. The molecule has 1 rings (SSSR count). The number of aryl methyl sites for hydroxylation is 1. The summed E-state index contributed by atoms with van der Waals surface area (Å²) in [6.07, 6.45) is 1.49. The molecular formula is C8H9N5O2. The van der Waals surface area contributed by atoms with E-state index in [2.05, 4.69) is 15.7 Å². The van der Waals surface area contributed by atoms with Gasteiger partial charge in [-0.1, -0.05) is 0 Å². The van der Waals surface area contributed by atoms with Gasteiger partial charge in [-0.25, -0.2) is 0 Å². The third kappa shape index (κ3) is 2.80. The van der Waals surface area contributed by atoms with Crippen LogP contribution in [-0.2, 0) is 16.6 Å². The fraction of sp³-hybridized carbons (Fsp3) is 0.250. The molecule has 1 heterocycles. The molecular weight excluding hydrogens is 198 g/mol. The maximum atomic E-state index is 11.2. The van der Waals surface area contributed by atoms with Crippen molar-refractivity contribution in [3.05, 3.63) is 12.3 Å². The van der Waals surface area contributed by atoms with Gasteiger partial charge in [0.15, 0.2) is 0 Å². The van der Waals surface area contributed by atoms with E-state index in [1.54, 1.807) is 19.2 Å². The molecule has 0 saturated heterocycles. The molecule has 1 aromatic rings. The Balaban J connectivity index is 2.53. The van der Waals surface area contributed by atoms with E-state index in [0.717, 1.165) is 0 Å². The summed E-state index contributed by atoms with van der Waals surface area (Å²) in [6.45, 7) is -0.197. The van der Waals surface area contributed by atoms with Crippen molar-refractivity contribution in [2.45, 2.75) is 0 Å². The van der Waals surface area contributed by atoms with Crippen molar-refractivity contribution in [1.82, 2.24) is 15.1 Å². The standard InChI is InChI=1S/C8H9N5O2/c1-13-6(2-4-11-13)12-8(15)7(14)10-5-3-9/h2,4H,5H2,1H3,(H,10,14)(H,12,15). The minimum Gasteiger partial charge on any atom is -0.335 e. The highest BCUT2D eigenvalue weighted by molar-refractivity contribution is 6.39. The lowest BCUT2D eigenvalue weighted by Crippen LogP contribution is -2.35. The van der Waals surface area contributed by atoms with Crippen molar-refractivity contribution in [1.29, 1.82) is 5.26 Å². The molecule has 0 atom stereocenters. The van der Waals surface area contributed by atoms with Gasteiger partial charge in [-0.3, -0.25) is 14.3 Å². The second-order valence-corrected chi connectivity index (χ2v) is 2.63. The van der Waals surface area contributed by atoms with Crippen molar-refractivity contribution < 1.29 is 9.59 Å². The van der Waals surface area contributed by atoms with E-state index in [9.17, 15) is 9.59 Å². The number of nitrogens with one attached hydrogen (secondary N) is 2. The summed E-state index contributed by atoms with van der Waals surface area (Å²) >= 11 is 0. The molecule has 0 fully saturated rings. The fourth-order valence-electron chi connectivity index (χ4n) is 0.870. The molecule has 1 aromatic heterocycles. The van der Waals surface area contributed by atoms with Crippen LogP contribution in [0.4, 0.5) is 5.82 Å². The average molecular weight is 207 g/mol. The van der Waals surface area contributed by atoms with Gasteiger partial charge >= 0.3 is 11.8 Å². The Kier molecular flexibility index (Phi) is 3.40. The summed E-state index contributed by atoms with van der Waals surface area (Å²) in [5.74, 6) is -1.27. The van der Waals surface area contributed by atoms with Gasteiger partial charge in [0.25, 0.3) is 0 Å². The normalized spacial score (nSPS) is 9.07. The lowest BCUT2D eigenvalue weighted by atomic mass is 10.5. The average Bonchev–Trinajstić information content (AvgIpc) is 2.61. The molecule has 78 valence electrons. The zero-order valence-corrected chi connectivity index (χ0v) is 8.02. The molecule has 0 saturated carbocycles. The monoisotopic (exact) mass is 207 g/mol. The van der Waals surface area contributed by atoms with Gasteiger partial charge in [-0.2, -0.15) is 10.4 Å². The van der Waals surface area contributed by atoms with E-state index in [4.69, 9.17) is 5.26 Å². The number of hydrogen-bond acceptors (Lipinski definition) is 4. The van der Waals surface area contributed by atoms with Crippen molar-refractivity contribution >= 4 is 17.6 Å². The molecule has 0 aliphatic rings. The lowest BCUT2D eigenvalue weighted by Gasteiger charge is -2.03. The fourth-order valence-corrected chi connectivity index (χ4v) is 0.870. The topological polar surface area (TPSA) is 99.8 Å². The van der Waals surface area contributed by atoms with Crippen LogP contribution in [-0.4, -0.2) is 28.1 Å². The van der Waals surface area contributed by atoms with Gasteiger partial charge in [0.05, 0.1) is 12.3 Å². The molecule has 7 nitrogen and oxygen atoms in total. The van der Waals surface area contributed by atoms with Gasteiger partial charge in [-0.05, 0) is 0 Å². The molecule has 2 amide bonds. The van der Waals surface area contributed by atoms with Crippen LogP contribution in [0.5, 0.6) is 0 Å². The summed E-state index contributed by atoms with van der Waals surface area (Å²) < 4.78 is 1.41. The maximum absolute atomic E-state index is 11.2. The smallest absolute Gasteiger partial charge is 0.314 e. The van der Waals surface area contributed by atoms with E-state index in [1.807, 2.05) is 0 Å². The number of carbonyl (C=O) groups is 2. The largest absolute Gasteiger partial charge is 0.335 e. The van der Waals surface area contributed by atoms with Crippen LogP contribution in [0.25, 0.3) is 0 Å². The Morgan fingerprint density at radius 1 is 1.60 bits per heavy atom. The van der Waals surface area contributed by atoms with E-state index >= 15 is 0 Å². The zero-order valence-electron chi connectivity index (χ0n) is 8.02. The second-order valence-electron chi connectivity index (χ2n) is 2.63. The molecule has 2 N–H and O–H groups in total. The van der Waals surface area contributed by atoms with Crippen LogP contribution in [0.1, 0.15) is 0 Å². The van der Waals surface area contributed by atoms with Gasteiger partial charge in [-0.15, -0.1) is 0 Å². The highest BCUT2D eigenvalue weighted by Crippen LogP contribution is 2.02. The predicted molar refractivity (Wildman–Crippen MR) is 50.5 cm³/mol. The highest BCUT2D eigenvalue weighted by Gasteiger charge is 2.13. The first-order valence-electron chi connectivity index (χ1n) is 4.09. The first-order valence-corrected chi connectivity index (χ1v) is 4.09. The Morgan fingerprint density at radius 2 is 2.33 bits per heavy atom. The van der Waals surface area contributed by atoms with E-state index in [0.29, 0.717) is 5.82 Å².